The van der Waals surface area contributed by atoms with Crippen LogP contribution in [-0.2, 0) is 4.79 Å². The summed E-state index contributed by atoms with van der Waals surface area (Å²) in [5.41, 5.74) is 0.719. The van der Waals surface area contributed by atoms with Gasteiger partial charge in [-0.3, -0.25) is 4.79 Å². The number of hydrogen-bond donors (Lipinski definition) is 2. The van der Waals surface area contributed by atoms with Crippen LogP contribution in [0.1, 0.15) is 20.3 Å². The lowest BCUT2D eigenvalue weighted by Gasteiger charge is -2.17. The lowest BCUT2D eigenvalue weighted by Crippen LogP contribution is -2.26. The van der Waals surface area contributed by atoms with Gasteiger partial charge in [0, 0.05) is 22.9 Å². The minimum Gasteiger partial charge on any atom is -0.390 e. The molecule has 124 valence electrons. The van der Waals surface area contributed by atoms with Crippen LogP contribution in [0.15, 0.2) is 40.5 Å². The van der Waals surface area contributed by atoms with E-state index in [0.29, 0.717) is 5.69 Å². The quantitative estimate of drug-likeness (QED) is 0.393. The molecule has 0 aliphatic rings. The van der Waals surface area contributed by atoms with E-state index in [1.807, 2.05) is 18.2 Å². The fourth-order valence-corrected chi connectivity index (χ4v) is 2.26. The molecule has 1 aromatic carbocycles. The molecular weight excluding hydrogens is 356 g/mol. The first-order valence-electron chi connectivity index (χ1n) is 7.73. The van der Waals surface area contributed by atoms with Crippen molar-refractivity contribution in [2.24, 2.45) is 0 Å². The fraction of sp³-hybridized carbons (Fsp3) is 0.412. The van der Waals surface area contributed by atoms with Gasteiger partial charge in [-0.15, -0.1) is 0 Å². The zero-order chi connectivity index (χ0) is 17.1. The number of carbonyl (C=O) groups is 1. The van der Waals surface area contributed by atoms with Crippen molar-refractivity contribution in [2.75, 3.05) is 31.5 Å². The predicted octanol–water partition coefficient (Wildman–Crippen LogP) is 3.12. The van der Waals surface area contributed by atoms with E-state index in [0.717, 1.165) is 37.1 Å². The minimum absolute atomic E-state index is 0.0655. The van der Waals surface area contributed by atoms with Crippen LogP contribution in [0.5, 0.6) is 0 Å². The highest BCUT2D eigenvalue weighted by Crippen LogP contribution is 2.14. The molecule has 1 rings (SSSR count). The van der Waals surface area contributed by atoms with Crippen molar-refractivity contribution in [3.8, 4) is 6.07 Å². The highest BCUT2D eigenvalue weighted by atomic mass is 79.9. The zero-order valence-corrected chi connectivity index (χ0v) is 15.2. The molecule has 0 spiro atoms. The average molecular weight is 379 g/mol. The van der Waals surface area contributed by atoms with E-state index in [9.17, 15) is 4.79 Å². The van der Waals surface area contributed by atoms with Crippen LogP contribution in [0.4, 0.5) is 5.69 Å². The van der Waals surface area contributed by atoms with Gasteiger partial charge in [-0.25, -0.2) is 0 Å². The smallest absolute Gasteiger partial charge is 0.267 e. The Kier molecular flexibility index (Phi) is 9.03. The summed E-state index contributed by atoms with van der Waals surface area (Å²) in [4.78, 5) is 14.4. The largest absolute Gasteiger partial charge is 0.390 e. The van der Waals surface area contributed by atoms with Crippen LogP contribution in [0.2, 0.25) is 0 Å². The van der Waals surface area contributed by atoms with E-state index < -0.39 is 5.91 Å². The summed E-state index contributed by atoms with van der Waals surface area (Å²) in [5.74, 6) is -0.411. The van der Waals surface area contributed by atoms with Crippen LogP contribution in [-0.4, -0.2) is 37.0 Å². The van der Waals surface area contributed by atoms with E-state index in [-0.39, 0.29) is 5.57 Å². The number of rotatable bonds is 9. The third-order valence-electron chi connectivity index (χ3n) is 3.40. The van der Waals surface area contributed by atoms with Gasteiger partial charge in [0.05, 0.1) is 0 Å². The van der Waals surface area contributed by atoms with Gasteiger partial charge in [-0.1, -0.05) is 29.8 Å². The lowest BCUT2D eigenvalue weighted by molar-refractivity contribution is -0.112. The van der Waals surface area contributed by atoms with E-state index in [1.54, 1.807) is 12.1 Å². The second-order valence-corrected chi connectivity index (χ2v) is 5.88. The molecule has 0 radical (unpaired) electrons. The summed E-state index contributed by atoms with van der Waals surface area (Å²) in [5, 5.41) is 14.8. The monoisotopic (exact) mass is 378 g/mol. The lowest BCUT2D eigenvalue weighted by atomic mass is 10.2. The summed E-state index contributed by atoms with van der Waals surface area (Å²) < 4.78 is 0.932. The Morgan fingerprint density at radius 3 is 2.52 bits per heavy atom. The first-order valence-corrected chi connectivity index (χ1v) is 8.52. The molecule has 23 heavy (non-hydrogen) atoms. The Morgan fingerprint density at radius 2 is 1.96 bits per heavy atom. The Labute approximate surface area is 146 Å². The molecule has 0 fully saturated rings. The van der Waals surface area contributed by atoms with E-state index in [4.69, 9.17) is 5.26 Å². The van der Waals surface area contributed by atoms with Crippen molar-refractivity contribution >= 4 is 27.5 Å². The highest BCUT2D eigenvalue weighted by Gasteiger charge is 2.08. The molecule has 0 atom stereocenters. The zero-order valence-electron chi connectivity index (χ0n) is 13.6. The molecule has 0 aliphatic carbocycles. The molecule has 0 aromatic heterocycles. The molecule has 0 bridgehead atoms. The molecule has 0 saturated heterocycles. The third kappa shape index (κ3) is 7.31. The van der Waals surface area contributed by atoms with Gasteiger partial charge in [0.15, 0.2) is 0 Å². The van der Waals surface area contributed by atoms with E-state index in [2.05, 4.69) is 45.3 Å². The number of nitrogens with one attached hydrogen (secondary N) is 2. The predicted molar refractivity (Wildman–Crippen MR) is 96.9 cm³/mol. The van der Waals surface area contributed by atoms with Crippen molar-refractivity contribution in [3.05, 3.63) is 40.5 Å². The number of halogens is 1. The molecule has 0 heterocycles. The van der Waals surface area contributed by atoms with Crippen molar-refractivity contribution in [1.82, 2.24) is 10.2 Å². The molecule has 5 nitrogen and oxygen atoms in total. The highest BCUT2D eigenvalue weighted by molar-refractivity contribution is 9.10. The normalized spacial score (nSPS) is 11.2. The molecule has 0 saturated carbocycles. The Balaban J connectivity index is 2.44. The van der Waals surface area contributed by atoms with Crippen molar-refractivity contribution in [2.45, 2.75) is 20.3 Å². The molecular formula is C17H23BrN4O. The third-order valence-corrected chi connectivity index (χ3v) is 3.93. The molecule has 1 aromatic rings. The first-order chi connectivity index (χ1) is 11.1. The number of anilines is 1. The fourth-order valence-electron chi connectivity index (χ4n) is 2.00. The minimum atomic E-state index is -0.411. The maximum absolute atomic E-state index is 12.0. The number of carbonyl (C=O) groups excluding carboxylic acids is 1. The topological polar surface area (TPSA) is 68.2 Å². The van der Waals surface area contributed by atoms with Gasteiger partial charge in [0.25, 0.3) is 5.91 Å². The van der Waals surface area contributed by atoms with Crippen molar-refractivity contribution < 1.29 is 4.79 Å². The number of nitriles is 1. The van der Waals surface area contributed by atoms with Crippen LogP contribution >= 0.6 is 15.9 Å². The van der Waals surface area contributed by atoms with Crippen molar-refractivity contribution in [1.29, 1.82) is 5.26 Å². The van der Waals surface area contributed by atoms with Gasteiger partial charge in [-0.2, -0.15) is 5.26 Å². The van der Waals surface area contributed by atoms with E-state index >= 15 is 0 Å². The number of nitrogens with zero attached hydrogens (tertiary/aromatic N) is 2. The average Bonchev–Trinajstić information content (AvgIpc) is 2.56. The SMILES string of the molecule is CCN(CC)CCCN/C=C(/C#N)C(=O)Nc1ccc(Br)cc1. The number of amides is 1. The first kappa shape index (κ1) is 19.2. The standard InChI is InChI=1S/C17H23BrN4O/c1-3-22(4-2)11-5-10-20-13-14(12-19)17(23)21-16-8-6-15(18)7-9-16/h6-9,13,20H,3-5,10-11H2,1-2H3,(H,21,23)/b14-13-. The number of benzene rings is 1. The maximum atomic E-state index is 12.0. The maximum Gasteiger partial charge on any atom is 0.267 e. The van der Waals surface area contributed by atoms with Crippen LogP contribution in [0.25, 0.3) is 0 Å². The van der Waals surface area contributed by atoms with Gasteiger partial charge in [0.1, 0.15) is 11.6 Å². The molecule has 2 N–H and O–H groups in total. The summed E-state index contributed by atoms with van der Waals surface area (Å²) in [6.45, 7) is 8.07. The summed E-state index contributed by atoms with van der Waals surface area (Å²) >= 11 is 3.33. The second-order valence-electron chi connectivity index (χ2n) is 4.97. The van der Waals surface area contributed by atoms with Gasteiger partial charge in [0.2, 0.25) is 0 Å². The second kappa shape index (κ2) is 10.8. The van der Waals surface area contributed by atoms with Crippen LogP contribution in [0, 0.1) is 11.3 Å². The Morgan fingerprint density at radius 1 is 1.30 bits per heavy atom. The van der Waals surface area contributed by atoms with Crippen LogP contribution < -0.4 is 10.6 Å². The van der Waals surface area contributed by atoms with Gasteiger partial charge < -0.3 is 15.5 Å². The summed E-state index contributed by atoms with van der Waals surface area (Å²) in [7, 11) is 0. The molecule has 1 amide bonds. The van der Waals surface area contributed by atoms with Gasteiger partial charge in [-0.05, 0) is 50.3 Å². The summed E-state index contributed by atoms with van der Waals surface area (Å²) in [6, 6.07) is 9.13. The molecule has 0 unspecified atom stereocenters. The van der Waals surface area contributed by atoms with Crippen LogP contribution in [0.3, 0.4) is 0 Å². The van der Waals surface area contributed by atoms with Gasteiger partial charge >= 0.3 is 0 Å². The Hall–Kier alpha value is -1.84. The van der Waals surface area contributed by atoms with Crippen molar-refractivity contribution in [3.63, 3.8) is 0 Å². The Bertz CT molecular complexity index is 559. The summed E-state index contributed by atoms with van der Waals surface area (Å²) in [6.07, 6.45) is 2.45. The molecule has 0 aliphatic heterocycles. The van der Waals surface area contributed by atoms with E-state index in [1.165, 1.54) is 6.20 Å². The molecule has 6 heteroatoms. The number of hydrogen-bond acceptors (Lipinski definition) is 4.